The number of amides is 4. The SMILES string of the molecule is CCOC(=O)c1ccc(N2C(=O)NC(=O)/C(=C\c3cccc(OC)c3)C2=O)cc1. The Kier molecular flexibility index (Phi) is 5.73. The zero-order valence-electron chi connectivity index (χ0n) is 15.8. The van der Waals surface area contributed by atoms with Gasteiger partial charge in [-0.2, -0.15) is 0 Å². The third-order valence-corrected chi connectivity index (χ3v) is 4.14. The van der Waals surface area contributed by atoms with E-state index in [1.165, 1.54) is 37.5 Å². The Morgan fingerprint density at radius 3 is 2.48 bits per heavy atom. The van der Waals surface area contributed by atoms with Crippen LogP contribution in [0, 0.1) is 0 Å². The first kappa shape index (κ1) is 19.8. The highest BCUT2D eigenvalue weighted by Crippen LogP contribution is 2.23. The van der Waals surface area contributed by atoms with Crippen LogP contribution in [-0.4, -0.2) is 37.5 Å². The zero-order valence-corrected chi connectivity index (χ0v) is 15.8. The third kappa shape index (κ3) is 4.16. The molecular weight excluding hydrogens is 376 g/mol. The minimum atomic E-state index is -0.869. The van der Waals surface area contributed by atoms with Gasteiger partial charge >= 0.3 is 12.0 Å². The van der Waals surface area contributed by atoms with Gasteiger partial charge in [-0.05, 0) is 55.0 Å². The topological polar surface area (TPSA) is 102 Å². The summed E-state index contributed by atoms with van der Waals surface area (Å²) in [6.07, 6.45) is 1.38. The maximum atomic E-state index is 12.9. The number of hydrogen-bond donors (Lipinski definition) is 1. The first-order chi connectivity index (χ1) is 13.9. The zero-order chi connectivity index (χ0) is 21.0. The van der Waals surface area contributed by atoms with Crippen LogP contribution in [0.15, 0.2) is 54.1 Å². The molecule has 148 valence electrons. The molecular formula is C21H18N2O6. The van der Waals surface area contributed by atoms with Crippen LogP contribution in [0.1, 0.15) is 22.8 Å². The molecule has 0 unspecified atom stereocenters. The molecule has 0 radical (unpaired) electrons. The molecule has 0 bridgehead atoms. The van der Waals surface area contributed by atoms with Crippen molar-refractivity contribution < 1.29 is 28.7 Å². The number of anilines is 1. The van der Waals surface area contributed by atoms with Crippen LogP contribution < -0.4 is 15.0 Å². The Labute approximate surface area is 166 Å². The van der Waals surface area contributed by atoms with Crippen LogP contribution in [0.3, 0.4) is 0 Å². The number of barbiturate groups is 1. The molecule has 2 aromatic carbocycles. The molecule has 4 amide bonds. The van der Waals surface area contributed by atoms with Crippen molar-refractivity contribution in [1.29, 1.82) is 0 Å². The maximum Gasteiger partial charge on any atom is 0.338 e. The number of nitrogens with zero attached hydrogens (tertiary/aromatic N) is 1. The number of urea groups is 1. The highest BCUT2D eigenvalue weighted by atomic mass is 16.5. The molecule has 3 rings (SSSR count). The molecule has 1 aliphatic rings. The monoisotopic (exact) mass is 394 g/mol. The van der Waals surface area contributed by atoms with Crippen molar-refractivity contribution in [3.8, 4) is 5.75 Å². The lowest BCUT2D eigenvalue weighted by Gasteiger charge is -2.26. The van der Waals surface area contributed by atoms with Crippen molar-refractivity contribution in [1.82, 2.24) is 5.32 Å². The van der Waals surface area contributed by atoms with E-state index in [1.807, 2.05) is 0 Å². The fourth-order valence-electron chi connectivity index (χ4n) is 2.75. The minimum Gasteiger partial charge on any atom is -0.497 e. The van der Waals surface area contributed by atoms with E-state index in [9.17, 15) is 19.2 Å². The van der Waals surface area contributed by atoms with Crippen molar-refractivity contribution in [3.63, 3.8) is 0 Å². The van der Waals surface area contributed by atoms with Crippen molar-refractivity contribution >= 4 is 35.6 Å². The molecule has 8 nitrogen and oxygen atoms in total. The molecule has 1 N–H and O–H groups in total. The van der Waals surface area contributed by atoms with Crippen molar-refractivity contribution in [2.45, 2.75) is 6.92 Å². The highest BCUT2D eigenvalue weighted by molar-refractivity contribution is 6.39. The molecule has 0 aromatic heterocycles. The summed E-state index contributed by atoms with van der Waals surface area (Å²) in [5.41, 5.74) is 0.857. The number of benzene rings is 2. The second kappa shape index (κ2) is 8.39. The molecule has 0 spiro atoms. The second-order valence-corrected chi connectivity index (χ2v) is 6.00. The van der Waals surface area contributed by atoms with E-state index < -0.39 is 23.8 Å². The van der Waals surface area contributed by atoms with Crippen LogP contribution in [0.2, 0.25) is 0 Å². The summed E-state index contributed by atoms with van der Waals surface area (Å²) < 4.78 is 10.0. The lowest BCUT2D eigenvalue weighted by molar-refractivity contribution is -0.122. The van der Waals surface area contributed by atoms with Gasteiger partial charge in [0.2, 0.25) is 0 Å². The van der Waals surface area contributed by atoms with Gasteiger partial charge < -0.3 is 9.47 Å². The number of nitrogens with one attached hydrogen (secondary N) is 1. The average molecular weight is 394 g/mol. The summed E-state index contributed by atoms with van der Waals surface area (Å²) in [4.78, 5) is 50.0. The Morgan fingerprint density at radius 1 is 1.10 bits per heavy atom. The van der Waals surface area contributed by atoms with Gasteiger partial charge in [-0.3, -0.25) is 14.9 Å². The minimum absolute atomic E-state index is 0.202. The van der Waals surface area contributed by atoms with Crippen LogP contribution in [-0.2, 0) is 14.3 Å². The summed E-state index contributed by atoms with van der Waals surface area (Å²) in [5.74, 6) is -1.51. The summed E-state index contributed by atoms with van der Waals surface area (Å²) >= 11 is 0. The normalized spacial score (nSPS) is 15.3. The van der Waals surface area contributed by atoms with Gasteiger partial charge in [-0.15, -0.1) is 0 Å². The highest BCUT2D eigenvalue weighted by Gasteiger charge is 2.36. The van der Waals surface area contributed by atoms with Gasteiger partial charge in [0, 0.05) is 0 Å². The average Bonchev–Trinajstić information content (AvgIpc) is 2.72. The van der Waals surface area contributed by atoms with Gasteiger partial charge in [0.05, 0.1) is 25.0 Å². The summed E-state index contributed by atoms with van der Waals surface area (Å²) in [7, 11) is 1.51. The molecule has 0 saturated carbocycles. The fourth-order valence-corrected chi connectivity index (χ4v) is 2.75. The third-order valence-electron chi connectivity index (χ3n) is 4.14. The molecule has 1 saturated heterocycles. The molecule has 1 aliphatic heterocycles. The molecule has 2 aromatic rings. The number of carbonyl (C=O) groups excluding carboxylic acids is 4. The van der Waals surface area contributed by atoms with E-state index in [4.69, 9.17) is 9.47 Å². The molecule has 0 atom stereocenters. The van der Waals surface area contributed by atoms with Gasteiger partial charge in [-0.25, -0.2) is 14.5 Å². The Bertz CT molecular complexity index is 1010. The van der Waals surface area contributed by atoms with Crippen LogP contribution in [0.25, 0.3) is 6.08 Å². The fraction of sp³-hybridized carbons (Fsp3) is 0.143. The number of ether oxygens (including phenoxy) is 2. The van der Waals surface area contributed by atoms with Gasteiger partial charge in [0.1, 0.15) is 11.3 Å². The molecule has 1 heterocycles. The quantitative estimate of drug-likeness (QED) is 0.475. The number of esters is 1. The Hall–Kier alpha value is -3.94. The first-order valence-electron chi connectivity index (χ1n) is 8.77. The molecule has 29 heavy (non-hydrogen) atoms. The van der Waals surface area contributed by atoms with Crippen LogP contribution in [0.4, 0.5) is 10.5 Å². The largest absolute Gasteiger partial charge is 0.497 e. The summed E-state index contributed by atoms with van der Waals surface area (Å²) in [5, 5.41) is 2.15. The van der Waals surface area contributed by atoms with Crippen LogP contribution >= 0.6 is 0 Å². The predicted molar refractivity (Wildman–Crippen MR) is 104 cm³/mol. The van der Waals surface area contributed by atoms with Crippen molar-refractivity contribution in [2.24, 2.45) is 0 Å². The predicted octanol–water partition coefficient (Wildman–Crippen LogP) is 2.54. The maximum absolute atomic E-state index is 12.9. The van der Waals surface area contributed by atoms with E-state index in [-0.39, 0.29) is 23.4 Å². The van der Waals surface area contributed by atoms with Crippen molar-refractivity contribution in [3.05, 3.63) is 65.2 Å². The lowest BCUT2D eigenvalue weighted by Crippen LogP contribution is -2.54. The standard InChI is InChI=1S/C21H18N2O6/c1-3-29-20(26)14-7-9-15(10-8-14)23-19(25)17(18(24)22-21(23)27)12-13-5-4-6-16(11-13)28-2/h4-12H,3H2,1-2H3,(H,22,24,27)/b17-12+. The smallest absolute Gasteiger partial charge is 0.338 e. The van der Waals surface area contributed by atoms with Crippen LogP contribution in [0.5, 0.6) is 5.75 Å². The van der Waals surface area contributed by atoms with E-state index in [0.29, 0.717) is 11.3 Å². The molecule has 1 fully saturated rings. The summed E-state index contributed by atoms with van der Waals surface area (Å²) in [6.45, 7) is 1.92. The Balaban J connectivity index is 1.92. The molecule has 8 heteroatoms. The first-order valence-corrected chi connectivity index (χ1v) is 8.77. The number of methoxy groups -OCH3 is 1. The number of carbonyl (C=O) groups is 4. The number of rotatable bonds is 5. The van der Waals surface area contributed by atoms with Gasteiger partial charge in [0.25, 0.3) is 11.8 Å². The Morgan fingerprint density at radius 2 is 1.83 bits per heavy atom. The van der Waals surface area contributed by atoms with Crippen molar-refractivity contribution in [2.75, 3.05) is 18.6 Å². The number of hydrogen-bond acceptors (Lipinski definition) is 6. The van der Waals surface area contributed by atoms with E-state index in [0.717, 1.165) is 4.90 Å². The summed E-state index contributed by atoms with van der Waals surface area (Å²) in [6, 6.07) is 11.7. The molecule has 0 aliphatic carbocycles. The van der Waals surface area contributed by atoms with E-state index in [1.54, 1.807) is 31.2 Å². The second-order valence-electron chi connectivity index (χ2n) is 6.00. The lowest BCUT2D eigenvalue weighted by atomic mass is 10.1. The van der Waals surface area contributed by atoms with E-state index >= 15 is 0 Å². The van der Waals surface area contributed by atoms with Gasteiger partial charge in [0.15, 0.2) is 0 Å². The number of imide groups is 2. The van der Waals surface area contributed by atoms with E-state index in [2.05, 4.69) is 5.32 Å². The van der Waals surface area contributed by atoms with Gasteiger partial charge in [-0.1, -0.05) is 12.1 Å².